The summed E-state index contributed by atoms with van der Waals surface area (Å²) >= 11 is 0. The lowest BCUT2D eigenvalue weighted by Crippen LogP contribution is -2.11. The third-order valence-electron chi connectivity index (χ3n) is 11.6. The van der Waals surface area contributed by atoms with E-state index >= 15 is 0 Å². The van der Waals surface area contributed by atoms with Crippen molar-refractivity contribution < 1.29 is 0 Å². The van der Waals surface area contributed by atoms with Crippen LogP contribution in [0.15, 0.2) is 182 Å². The molecule has 11 rings (SSSR count). The normalized spacial score (nSPS) is 11.8. The van der Waals surface area contributed by atoms with Crippen molar-refractivity contribution in [2.75, 3.05) is 9.80 Å². The van der Waals surface area contributed by atoms with E-state index in [9.17, 15) is 0 Å². The molecule has 0 fully saturated rings. The number of nitrogens with zero attached hydrogens (tertiary/aromatic N) is 3. The van der Waals surface area contributed by atoms with Gasteiger partial charge in [0.1, 0.15) is 0 Å². The maximum Gasteiger partial charge on any atom is 0.0640 e. The molecular formula is C53H39N3. The zero-order valence-electron chi connectivity index (χ0n) is 31.7. The number of aromatic nitrogens is 1. The molecule has 0 atom stereocenters. The highest BCUT2D eigenvalue weighted by atomic mass is 15.2. The van der Waals surface area contributed by atoms with Crippen LogP contribution >= 0.6 is 0 Å². The van der Waals surface area contributed by atoms with Crippen LogP contribution in [-0.4, -0.2) is 4.40 Å². The lowest BCUT2D eigenvalue weighted by atomic mass is 9.96. The Morgan fingerprint density at radius 2 is 0.821 bits per heavy atom. The van der Waals surface area contributed by atoms with Gasteiger partial charge in [-0.1, -0.05) is 121 Å². The van der Waals surface area contributed by atoms with Crippen LogP contribution in [0.25, 0.3) is 59.6 Å². The van der Waals surface area contributed by atoms with E-state index in [4.69, 9.17) is 0 Å². The van der Waals surface area contributed by atoms with Crippen LogP contribution in [0.3, 0.4) is 0 Å². The van der Waals surface area contributed by atoms with Crippen molar-refractivity contribution in [3.05, 3.63) is 199 Å². The van der Waals surface area contributed by atoms with Gasteiger partial charge in [-0.15, -0.1) is 0 Å². The molecule has 266 valence electrons. The van der Waals surface area contributed by atoms with E-state index in [1.165, 1.54) is 87.7 Å². The molecule has 11 aromatic rings. The number of anilines is 6. The lowest BCUT2D eigenvalue weighted by Gasteiger charge is -2.29. The highest BCUT2D eigenvalue weighted by Gasteiger charge is 2.29. The Morgan fingerprint density at radius 1 is 0.357 bits per heavy atom. The van der Waals surface area contributed by atoms with Crippen LogP contribution in [0.5, 0.6) is 0 Å². The molecular weight excluding hydrogens is 679 g/mol. The van der Waals surface area contributed by atoms with E-state index in [1.807, 2.05) is 0 Å². The Kier molecular flexibility index (Phi) is 7.20. The van der Waals surface area contributed by atoms with Gasteiger partial charge in [0.05, 0.1) is 27.9 Å². The predicted octanol–water partition coefficient (Wildman–Crippen LogP) is 15.0. The first-order chi connectivity index (χ1) is 27.5. The maximum absolute atomic E-state index is 2.58. The molecule has 0 aliphatic carbocycles. The molecule has 0 amide bonds. The number of benzene rings is 9. The minimum Gasteiger partial charge on any atom is -0.309 e. The topological polar surface area (TPSA) is 10.9 Å². The van der Waals surface area contributed by atoms with Crippen molar-refractivity contribution in [2.24, 2.45) is 0 Å². The van der Waals surface area contributed by atoms with Crippen molar-refractivity contribution in [3.8, 4) is 0 Å². The Labute approximate surface area is 326 Å². The minimum absolute atomic E-state index is 1.13. The number of hydrogen-bond donors (Lipinski definition) is 0. The zero-order valence-corrected chi connectivity index (χ0v) is 31.7. The zero-order chi connectivity index (χ0) is 37.5. The van der Waals surface area contributed by atoms with Gasteiger partial charge in [-0.3, -0.25) is 0 Å². The van der Waals surface area contributed by atoms with Gasteiger partial charge in [-0.05, 0) is 109 Å². The number of para-hydroxylation sites is 2. The number of fused-ring (bicyclic) bond motifs is 8. The smallest absolute Gasteiger partial charge is 0.0640 e. The third-order valence-corrected chi connectivity index (χ3v) is 11.6. The largest absolute Gasteiger partial charge is 0.309 e. The van der Waals surface area contributed by atoms with Gasteiger partial charge in [0.15, 0.2) is 0 Å². The van der Waals surface area contributed by atoms with Gasteiger partial charge >= 0.3 is 0 Å². The van der Waals surface area contributed by atoms with Crippen LogP contribution in [-0.2, 0) is 0 Å². The second kappa shape index (κ2) is 12.5. The molecule has 0 aliphatic heterocycles. The fourth-order valence-corrected chi connectivity index (χ4v) is 9.27. The Balaban J connectivity index is 1.36. The molecule has 0 saturated carbocycles. The van der Waals surface area contributed by atoms with Crippen molar-refractivity contribution in [2.45, 2.75) is 20.8 Å². The SMILES string of the molecule is Cc1cccc(N(c2ccccc2)c2c3ccccc3cc3c2c2ccc(C)c4c5c(N(c6ccccc6)c6cccc(C)c6)c6ccccc6cc5n3c24)c1. The summed E-state index contributed by atoms with van der Waals surface area (Å²) in [7, 11) is 0. The number of aryl methyl sites for hydroxylation is 3. The fourth-order valence-electron chi connectivity index (χ4n) is 9.27. The summed E-state index contributed by atoms with van der Waals surface area (Å²) in [6.45, 7) is 6.64. The lowest BCUT2D eigenvalue weighted by molar-refractivity contribution is 1.29. The average Bonchev–Trinajstić information content (AvgIpc) is 3.74. The molecule has 0 N–H and O–H groups in total. The van der Waals surface area contributed by atoms with E-state index in [0.29, 0.717) is 0 Å². The van der Waals surface area contributed by atoms with Gasteiger partial charge in [-0.25, -0.2) is 0 Å². The second-order valence-electron chi connectivity index (χ2n) is 15.2. The van der Waals surface area contributed by atoms with E-state index in [0.717, 1.165) is 22.7 Å². The molecule has 0 saturated heterocycles. The summed E-state index contributed by atoms with van der Waals surface area (Å²) < 4.78 is 2.58. The van der Waals surface area contributed by atoms with Crippen LogP contribution in [0.2, 0.25) is 0 Å². The Bertz CT molecular complexity index is 3290. The standard InChI is InChI=1S/C53H39N3/c1-34-16-14-24-41(30-34)54(39-20-6-4-7-21-39)51-43-26-12-10-18-37(43)32-46-49(51)45-29-28-36(3)48-50-47(56(46)53(45)48)33-38-19-11-13-27-44(38)52(50)55(40-22-8-5-9-23-40)42-25-15-17-35(2)31-42/h4-33H,1-3H3. The first-order valence-electron chi connectivity index (χ1n) is 19.4. The molecule has 0 aliphatic rings. The fraction of sp³-hybridized carbons (Fsp3) is 0.0566. The predicted molar refractivity (Wildman–Crippen MR) is 240 cm³/mol. The van der Waals surface area contributed by atoms with Crippen molar-refractivity contribution in [1.29, 1.82) is 0 Å². The minimum atomic E-state index is 1.13. The molecule has 3 heteroatoms. The van der Waals surface area contributed by atoms with Crippen molar-refractivity contribution in [1.82, 2.24) is 4.40 Å². The number of hydrogen-bond acceptors (Lipinski definition) is 2. The first kappa shape index (κ1) is 32.3. The van der Waals surface area contributed by atoms with E-state index in [2.05, 4.69) is 217 Å². The van der Waals surface area contributed by atoms with Gasteiger partial charge in [0.25, 0.3) is 0 Å². The summed E-state index contributed by atoms with van der Waals surface area (Å²) in [6.07, 6.45) is 0. The van der Waals surface area contributed by atoms with Crippen LogP contribution in [0.4, 0.5) is 34.1 Å². The van der Waals surface area contributed by atoms with E-state index in [-0.39, 0.29) is 0 Å². The average molecular weight is 718 g/mol. The molecule has 9 aromatic carbocycles. The summed E-state index contributed by atoms with van der Waals surface area (Å²) in [5.41, 5.74) is 14.3. The summed E-state index contributed by atoms with van der Waals surface area (Å²) in [5, 5.41) is 9.93. The van der Waals surface area contributed by atoms with Gasteiger partial charge < -0.3 is 14.2 Å². The third kappa shape index (κ3) is 4.77. The molecule has 0 unspecified atom stereocenters. The van der Waals surface area contributed by atoms with Crippen LogP contribution in [0.1, 0.15) is 16.7 Å². The quantitative estimate of drug-likeness (QED) is 0.170. The van der Waals surface area contributed by atoms with Crippen LogP contribution < -0.4 is 9.80 Å². The van der Waals surface area contributed by atoms with Gasteiger partial charge in [-0.2, -0.15) is 0 Å². The van der Waals surface area contributed by atoms with E-state index in [1.54, 1.807) is 0 Å². The maximum atomic E-state index is 2.58. The van der Waals surface area contributed by atoms with Crippen molar-refractivity contribution >= 4 is 93.8 Å². The Hall–Kier alpha value is -7.10. The molecule has 2 aromatic heterocycles. The first-order valence-corrected chi connectivity index (χ1v) is 19.4. The summed E-state index contributed by atoms with van der Waals surface area (Å²) in [6, 6.07) is 66.9. The molecule has 56 heavy (non-hydrogen) atoms. The summed E-state index contributed by atoms with van der Waals surface area (Å²) in [4.78, 5) is 4.96. The molecule has 0 radical (unpaired) electrons. The Morgan fingerprint density at radius 3 is 1.36 bits per heavy atom. The second-order valence-corrected chi connectivity index (χ2v) is 15.2. The van der Waals surface area contributed by atoms with Crippen LogP contribution in [0, 0.1) is 20.8 Å². The van der Waals surface area contributed by atoms with Crippen molar-refractivity contribution in [3.63, 3.8) is 0 Å². The summed E-state index contributed by atoms with van der Waals surface area (Å²) in [5.74, 6) is 0. The highest BCUT2D eigenvalue weighted by Crippen LogP contribution is 2.53. The van der Waals surface area contributed by atoms with Gasteiger partial charge in [0, 0.05) is 55.1 Å². The van der Waals surface area contributed by atoms with E-state index < -0.39 is 0 Å². The highest BCUT2D eigenvalue weighted by molar-refractivity contribution is 6.34. The molecule has 2 heterocycles. The number of rotatable bonds is 6. The molecule has 0 spiro atoms. The molecule has 0 bridgehead atoms. The van der Waals surface area contributed by atoms with Gasteiger partial charge in [0.2, 0.25) is 0 Å². The molecule has 3 nitrogen and oxygen atoms in total. The monoisotopic (exact) mass is 717 g/mol.